The van der Waals surface area contributed by atoms with Gasteiger partial charge in [0.2, 0.25) is 5.91 Å². The third-order valence-electron chi connectivity index (χ3n) is 1.96. The van der Waals surface area contributed by atoms with Gasteiger partial charge in [-0.3, -0.25) is 4.79 Å². The van der Waals surface area contributed by atoms with E-state index in [1.165, 1.54) is 0 Å². The van der Waals surface area contributed by atoms with Gasteiger partial charge < -0.3 is 15.8 Å². The third kappa shape index (κ3) is 6.54. The molecule has 0 bridgehead atoms. The molecule has 0 fully saturated rings. The van der Waals surface area contributed by atoms with Crippen LogP contribution in [-0.4, -0.2) is 31.7 Å². The Morgan fingerprint density at radius 1 is 1.62 bits per heavy atom. The topological polar surface area (TPSA) is 64.4 Å². The maximum Gasteiger partial charge on any atom is 0.221 e. The summed E-state index contributed by atoms with van der Waals surface area (Å²) in [5, 5.41) is 2.75. The van der Waals surface area contributed by atoms with E-state index in [0.29, 0.717) is 13.0 Å². The molecule has 13 heavy (non-hydrogen) atoms. The molecule has 3 N–H and O–H groups in total. The lowest BCUT2D eigenvalue weighted by atomic mass is 10.1. The van der Waals surface area contributed by atoms with Gasteiger partial charge in [0.05, 0.1) is 6.10 Å². The summed E-state index contributed by atoms with van der Waals surface area (Å²) in [5.74, 6) is -0.00162. The minimum absolute atomic E-state index is 0.00162. The number of hydrogen-bond donors (Lipinski definition) is 2. The fourth-order valence-electron chi connectivity index (χ4n) is 0.796. The highest BCUT2D eigenvalue weighted by molar-refractivity contribution is 5.76. The number of nitrogens with one attached hydrogen (secondary N) is 1. The molecule has 0 aliphatic rings. The Balaban J connectivity index is 3.51. The van der Waals surface area contributed by atoms with Gasteiger partial charge in [-0.1, -0.05) is 6.92 Å². The highest BCUT2D eigenvalue weighted by atomic mass is 16.5. The van der Waals surface area contributed by atoms with E-state index in [-0.39, 0.29) is 18.1 Å². The minimum atomic E-state index is -0.0298. The number of carbonyl (C=O) groups is 1. The normalized spacial score (nSPS) is 15.1. The molecule has 0 saturated heterocycles. The molecule has 0 saturated carbocycles. The summed E-state index contributed by atoms with van der Waals surface area (Å²) in [6.07, 6.45) is 1.28. The van der Waals surface area contributed by atoms with E-state index in [1.807, 2.05) is 13.8 Å². The molecule has 0 aliphatic carbocycles. The van der Waals surface area contributed by atoms with E-state index in [2.05, 4.69) is 5.32 Å². The van der Waals surface area contributed by atoms with Gasteiger partial charge in [0.15, 0.2) is 0 Å². The molecular formula is C9H20N2O2. The van der Waals surface area contributed by atoms with E-state index in [0.717, 1.165) is 6.42 Å². The quantitative estimate of drug-likeness (QED) is 0.628. The SMILES string of the molecule is CCC(N)CC(=O)NCC(C)OC. The average Bonchev–Trinajstić information content (AvgIpc) is 2.13. The van der Waals surface area contributed by atoms with Crippen molar-refractivity contribution in [3.63, 3.8) is 0 Å². The maximum atomic E-state index is 11.2. The molecule has 0 rings (SSSR count). The summed E-state index contributed by atoms with van der Waals surface area (Å²) in [5.41, 5.74) is 5.62. The largest absolute Gasteiger partial charge is 0.380 e. The molecule has 0 radical (unpaired) electrons. The number of carbonyl (C=O) groups excluding carboxylic acids is 1. The number of methoxy groups -OCH3 is 1. The Morgan fingerprint density at radius 2 is 2.23 bits per heavy atom. The monoisotopic (exact) mass is 188 g/mol. The van der Waals surface area contributed by atoms with Crippen LogP contribution in [-0.2, 0) is 9.53 Å². The lowest BCUT2D eigenvalue weighted by Crippen LogP contribution is -2.35. The summed E-state index contributed by atoms with van der Waals surface area (Å²) in [6.45, 7) is 4.42. The Hall–Kier alpha value is -0.610. The molecule has 1 amide bonds. The lowest BCUT2D eigenvalue weighted by molar-refractivity contribution is -0.121. The number of ether oxygens (including phenoxy) is 1. The van der Waals surface area contributed by atoms with E-state index >= 15 is 0 Å². The molecule has 4 nitrogen and oxygen atoms in total. The van der Waals surface area contributed by atoms with Gasteiger partial charge in [-0.25, -0.2) is 0 Å². The first-order valence-electron chi connectivity index (χ1n) is 4.65. The van der Waals surface area contributed by atoms with Gasteiger partial charge in [0.25, 0.3) is 0 Å². The Morgan fingerprint density at radius 3 is 2.69 bits per heavy atom. The predicted octanol–water partition coefficient (Wildman–Crippen LogP) is 0.265. The third-order valence-corrected chi connectivity index (χ3v) is 1.96. The maximum absolute atomic E-state index is 11.2. The molecule has 4 heteroatoms. The second-order valence-corrected chi connectivity index (χ2v) is 3.22. The second-order valence-electron chi connectivity index (χ2n) is 3.22. The summed E-state index contributed by atoms with van der Waals surface area (Å²) in [7, 11) is 1.62. The number of amides is 1. The van der Waals surface area contributed by atoms with Gasteiger partial charge in [-0.2, -0.15) is 0 Å². The molecule has 0 aromatic heterocycles. The van der Waals surface area contributed by atoms with Crippen LogP contribution in [0.2, 0.25) is 0 Å². The summed E-state index contributed by atoms with van der Waals surface area (Å²) in [6, 6.07) is -0.0298. The van der Waals surface area contributed by atoms with Crippen LogP contribution in [0.3, 0.4) is 0 Å². The van der Waals surface area contributed by atoms with Crippen molar-refractivity contribution in [3.05, 3.63) is 0 Å². The smallest absolute Gasteiger partial charge is 0.221 e. The van der Waals surface area contributed by atoms with Crippen LogP contribution in [0, 0.1) is 0 Å². The molecule has 78 valence electrons. The van der Waals surface area contributed by atoms with Crippen LogP contribution in [0.15, 0.2) is 0 Å². The minimum Gasteiger partial charge on any atom is -0.380 e. The summed E-state index contributed by atoms with van der Waals surface area (Å²) in [4.78, 5) is 11.2. The molecule has 0 spiro atoms. The highest BCUT2D eigenvalue weighted by Gasteiger charge is 2.08. The van der Waals surface area contributed by atoms with Crippen LogP contribution in [0.1, 0.15) is 26.7 Å². The fraction of sp³-hybridized carbons (Fsp3) is 0.889. The second kappa shape index (κ2) is 6.86. The van der Waals surface area contributed by atoms with Crippen molar-refractivity contribution >= 4 is 5.91 Å². The molecular weight excluding hydrogens is 168 g/mol. The Labute approximate surface area is 79.8 Å². The van der Waals surface area contributed by atoms with Crippen LogP contribution >= 0.6 is 0 Å². The standard InChI is InChI=1S/C9H20N2O2/c1-4-8(10)5-9(12)11-6-7(2)13-3/h7-8H,4-6,10H2,1-3H3,(H,11,12). The van der Waals surface area contributed by atoms with Crippen molar-refractivity contribution in [1.82, 2.24) is 5.32 Å². The fourth-order valence-corrected chi connectivity index (χ4v) is 0.796. The zero-order valence-electron chi connectivity index (χ0n) is 8.67. The van der Waals surface area contributed by atoms with E-state index < -0.39 is 0 Å². The van der Waals surface area contributed by atoms with E-state index in [4.69, 9.17) is 10.5 Å². The Kier molecular flexibility index (Phi) is 6.54. The Bertz CT molecular complexity index is 151. The molecule has 0 aliphatic heterocycles. The number of rotatable bonds is 6. The zero-order chi connectivity index (χ0) is 10.3. The first kappa shape index (κ1) is 12.4. The van der Waals surface area contributed by atoms with Crippen LogP contribution in [0.5, 0.6) is 0 Å². The van der Waals surface area contributed by atoms with Gasteiger partial charge in [-0.15, -0.1) is 0 Å². The van der Waals surface area contributed by atoms with Crippen molar-refractivity contribution < 1.29 is 9.53 Å². The van der Waals surface area contributed by atoms with Crippen LogP contribution in [0.4, 0.5) is 0 Å². The molecule has 0 aromatic rings. The van der Waals surface area contributed by atoms with Crippen molar-refractivity contribution in [2.75, 3.05) is 13.7 Å². The summed E-state index contributed by atoms with van der Waals surface area (Å²) >= 11 is 0. The highest BCUT2D eigenvalue weighted by Crippen LogP contribution is 1.93. The first-order chi connectivity index (χ1) is 6.10. The van der Waals surface area contributed by atoms with E-state index in [9.17, 15) is 4.79 Å². The van der Waals surface area contributed by atoms with Crippen molar-refractivity contribution in [3.8, 4) is 0 Å². The summed E-state index contributed by atoms with van der Waals surface area (Å²) < 4.78 is 4.99. The number of nitrogens with two attached hydrogens (primary N) is 1. The number of hydrogen-bond acceptors (Lipinski definition) is 3. The van der Waals surface area contributed by atoms with Gasteiger partial charge in [0.1, 0.15) is 0 Å². The molecule has 2 atom stereocenters. The van der Waals surface area contributed by atoms with Crippen molar-refractivity contribution in [2.24, 2.45) is 5.73 Å². The van der Waals surface area contributed by atoms with Crippen molar-refractivity contribution in [1.29, 1.82) is 0 Å². The molecule has 0 aromatic carbocycles. The van der Waals surface area contributed by atoms with Gasteiger partial charge in [-0.05, 0) is 13.3 Å². The predicted molar refractivity (Wildman–Crippen MR) is 52.4 cm³/mol. The van der Waals surface area contributed by atoms with Crippen LogP contribution in [0.25, 0.3) is 0 Å². The molecule has 2 unspecified atom stereocenters. The zero-order valence-corrected chi connectivity index (χ0v) is 8.67. The van der Waals surface area contributed by atoms with E-state index in [1.54, 1.807) is 7.11 Å². The molecule has 0 heterocycles. The van der Waals surface area contributed by atoms with Gasteiger partial charge >= 0.3 is 0 Å². The van der Waals surface area contributed by atoms with Gasteiger partial charge in [0, 0.05) is 26.1 Å². The van der Waals surface area contributed by atoms with Crippen LogP contribution < -0.4 is 11.1 Å². The lowest BCUT2D eigenvalue weighted by Gasteiger charge is -2.12. The van der Waals surface area contributed by atoms with Crippen molar-refractivity contribution in [2.45, 2.75) is 38.8 Å². The first-order valence-corrected chi connectivity index (χ1v) is 4.65. The average molecular weight is 188 g/mol.